The third-order valence-electron chi connectivity index (χ3n) is 4.84. The molecule has 0 saturated heterocycles. The number of carbonyl (C=O) groups is 1. The van der Waals surface area contributed by atoms with E-state index in [1.54, 1.807) is 35.8 Å². The molecule has 0 aliphatic rings. The molecule has 0 aliphatic heterocycles. The molecule has 2 aromatic heterocycles. The molecule has 1 atom stereocenters. The molecule has 33 heavy (non-hydrogen) atoms. The molecule has 0 saturated carbocycles. The molecule has 0 radical (unpaired) electrons. The molecule has 0 aliphatic carbocycles. The summed E-state index contributed by atoms with van der Waals surface area (Å²) in [4.78, 5) is 31.6. The summed E-state index contributed by atoms with van der Waals surface area (Å²) in [5, 5.41) is 6.11. The van der Waals surface area contributed by atoms with Gasteiger partial charge in [0.25, 0.3) is 5.56 Å². The van der Waals surface area contributed by atoms with E-state index in [1.165, 1.54) is 23.1 Å². The Morgan fingerprint density at radius 3 is 2.61 bits per heavy atom. The highest BCUT2D eigenvalue weighted by molar-refractivity contribution is 8.00. The highest BCUT2D eigenvalue weighted by atomic mass is 35.5. The average Bonchev–Trinajstić information content (AvgIpc) is 3.20. The second kappa shape index (κ2) is 10.1. The molecule has 1 unspecified atom stereocenters. The number of benzene rings is 2. The van der Waals surface area contributed by atoms with Crippen molar-refractivity contribution in [3.63, 3.8) is 0 Å². The lowest BCUT2D eigenvalue weighted by atomic mass is 10.1. The van der Waals surface area contributed by atoms with Gasteiger partial charge in [-0.2, -0.15) is 0 Å². The van der Waals surface area contributed by atoms with Crippen molar-refractivity contribution in [3.8, 4) is 11.1 Å². The number of hydrogen-bond acceptors (Lipinski definition) is 5. The van der Waals surface area contributed by atoms with Crippen molar-refractivity contribution in [2.24, 2.45) is 0 Å². The van der Waals surface area contributed by atoms with Crippen molar-refractivity contribution in [2.45, 2.75) is 23.9 Å². The van der Waals surface area contributed by atoms with Crippen LogP contribution in [0.4, 0.5) is 5.69 Å². The Bertz CT molecular complexity index is 1380. The van der Waals surface area contributed by atoms with Gasteiger partial charge in [-0.3, -0.25) is 14.2 Å². The SMILES string of the molecule is C=CCn1c(SC(C)C(=O)Nc2cc(Cl)cc(Cl)c2)nc2scc(-c3ccccc3)c2c1=O. The first-order valence-corrected chi connectivity index (χ1v) is 12.5. The minimum absolute atomic E-state index is 0.156. The van der Waals surface area contributed by atoms with Crippen LogP contribution in [0.25, 0.3) is 21.3 Å². The second-order valence-electron chi connectivity index (χ2n) is 7.20. The van der Waals surface area contributed by atoms with Gasteiger partial charge in [-0.05, 0) is 30.7 Å². The summed E-state index contributed by atoms with van der Waals surface area (Å²) in [6, 6.07) is 14.6. The molecule has 2 heterocycles. The zero-order valence-corrected chi connectivity index (χ0v) is 20.7. The molecule has 0 spiro atoms. The van der Waals surface area contributed by atoms with Crippen LogP contribution in [0.15, 0.2) is 76.5 Å². The molecule has 1 amide bonds. The number of rotatable bonds is 7. The Morgan fingerprint density at radius 2 is 1.94 bits per heavy atom. The fraction of sp³-hybridized carbons (Fsp3) is 0.125. The fourth-order valence-corrected chi connectivity index (χ4v) is 5.73. The highest BCUT2D eigenvalue weighted by Crippen LogP contribution is 2.33. The summed E-state index contributed by atoms with van der Waals surface area (Å²) in [6.07, 6.45) is 1.65. The van der Waals surface area contributed by atoms with Gasteiger partial charge in [0.2, 0.25) is 5.91 Å². The molecule has 0 fully saturated rings. The Balaban J connectivity index is 1.67. The van der Waals surface area contributed by atoms with Crippen LogP contribution in [-0.4, -0.2) is 20.7 Å². The average molecular weight is 516 g/mol. The third-order valence-corrected chi connectivity index (χ3v) is 7.24. The second-order valence-corrected chi connectivity index (χ2v) is 10.2. The Labute approximate surface area is 209 Å². The number of anilines is 1. The monoisotopic (exact) mass is 515 g/mol. The lowest BCUT2D eigenvalue weighted by molar-refractivity contribution is -0.115. The number of hydrogen-bond donors (Lipinski definition) is 1. The summed E-state index contributed by atoms with van der Waals surface area (Å²) in [5.74, 6) is -0.256. The predicted molar refractivity (Wildman–Crippen MR) is 140 cm³/mol. The number of aromatic nitrogens is 2. The van der Waals surface area contributed by atoms with Crippen molar-refractivity contribution in [1.29, 1.82) is 0 Å². The molecular formula is C24H19Cl2N3O2S2. The van der Waals surface area contributed by atoms with Crippen molar-refractivity contribution < 1.29 is 4.79 Å². The van der Waals surface area contributed by atoms with Gasteiger partial charge in [-0.15, -0.1) is 17.9 Å². The van der Waals surface area contributed by atoms with E-state index < -0.39 is 5.25 Å². The van der Waals surface area contributed by atoms with Crippen LogP contribution in [0.2, 0.25) is 10.0 Å². The smallest absolute Gasteiger partial charge is 0.263 e. The minimum Gasteiger partial charge on any atom is -0.325 e. The molecule has 0 bridgehead atoms. The topological polar surface area (TPSA) is 64.0 Å². The normalized spacial score (nSPS) is 12.0. The van der Waals surface area contributed by atoms with Gasteiger partial charge in [0, 0.05) is 33.2 Å². The third kappa shape index (κ3) is 5.17. The minimum atomic E-state index is -0.531. The Morgan fingerprint density at radius 1 is 1.24 bits per heavy atom. The van der Waals surface area contributed by atoms with Crippen LogP contribution in [0.3, 0.4) is 0 Å². The van der Waals surface area contributed by atoms with Gasteiger partial charge in [-0.1, -0.05) is 71.4 Å². The van der Waals surface area contributed by atoms with E-state index in [1.807, 2.05) is 35.7 Å². The summed E-state index contributed by atoms with van der Waals surface area (Å²) in [5.41, 5.74) is 2.16. The van der Waals surface area contributed by atoms with Crippen LogP contribution < -0.4 is 10.9 Å². The number of thiophene rings is 1. The van der Waals surface area contributed by atoms with Crippen LogP contribution in [-0.2, 0) is 11.3 Å². The van der Waals surface area contributed by atoms with E-state index in [2.05, 4.69) is 11.9 Å². The number of thioether (sulfide) groups is 1. The number of halogens is 2. The van der Waals surface area contributed by atoms with Crippen molar-refractivity contribution in [3.05, 3.63) is 87.0 Å². The molecule has 1 N–H and O–H groups in total. The Hall–Kier alpha value is -2.58. The molecule has 4 rings (SSSR count). The molecular weight excluding hydrogens is 497 g/mol. The van der Waals surface area contributed by atoms with Gasteiger partial charge < -0.3 is 5.32 Å². The van der Waals surface area contributed by atoms with Gasteiger partial charge >= 0.3 is 0 Å². The summed E-state index contributed by atoms with van der Waals surface area (Å²) in [7, 11) is 0. The number of allylic oxidation sites excluding steroid dienone is 1. The number of nitrogens with one attached hydrogen (secondary N) is 1. The van der Waals surface area contributed by atoms with E-state index >= 15 is 0 Å². The number of carbonyl (C=O) groups excluding carboxylic acids is 1. The van der Waals surface area contributed by atoms with Crippen molar-refractivity contribution in [2.75, 3.05) is 5.32 Å². The largest absolute Gasteiger partial charge is 0.325 e. The van der Waals surface area contributed by atoms with Gasteiger partial charge in [-0.25, -0.2) is 4.98 Å². The number of nitrogens with zero attached hydrogens (tertiary/aromatic N) is 2. The predicted octanol–water partition coefficient (Wildman–Crippen LogP) is 6.74. The number of amides is 1. The van der Waals surface area contributed by atoms with Crippen LogP contribution >= 0.6 is 46.3 Å². The van der Waals surface area contributed by atoms with Crippen LogP contribution in [0, 0.1) is 0 Å². The van der Waals surface area contributed by atoms with E-state index in [0.717, 1.165) is 11.1 Å². The zero-order valence-electron chi connectivity index (χ0n) is 17.5. The van der Waals surface area contributed by atoms with Gasteiger partial charge in [0.05, 0.1) is 10.6 Å². The van der Waals surface area contributed by atoms with Gasteiger partial charge in [0.15, 0.2) is 5.16 Å². The van der Waals surface area contributed by atoms with E-state index in [4.69, 9.17) is 28.2 Å². The van der Waals surface area contributed by atoms with E-state index in [-0.39, 0.29) is 18.0 Å². The molecule has 5 nitrogen and oxygen atoms in total. The maximum Gasteiger partial charge on any atom is 0.263 e. The van der Waals surface area contributed by atoms with Crippen molar-refractivity contribution >= 4 is 68.1 Å². The lowest BCUT2D eigenvalue weighted by Gasteiger charge is -2.15. The van der Waals surface area contributed by atoms with E-state index in [0.29, 0.717) is 31.1 Å². The molecule has 2 aromatic carbocycles. The lowest BCUT2D eigenvalue weighted by Crippen LogP contribution is -2.26. The number of fused-ring (bicyclic) bond motifs is 1. The molecule has 9 heteroatoms. The summed E-state index contributed by atoms with van der Waals surface area (Å²) >= 11 is 14.7. The van der Waals surface area contributed by atoms with Crippen LogP contribution in [0.1, 0.15) is 6.92 Å². The van der Waals surface area contributed by atoms with Gasteiger partial charge in [0.1, 0.15) is 4.83 Å². The maximum atomic E-state index is 13.5. The molecule has 168 valence electrons. The first-order chi connectivity index (χ1) is 15.9. The van der Waals surface area contributed by atoms with Crippen molar-refractivity contribution in [1.82, 2.24) is 9.55 Å². The maximum absolute atomic E-state index is 13.5. The summed E-state index contributed by atoms with van der Waals surface area (Å²) < 4.78 is 1.55. The zero-order chi connectivity index (χ0) is 23.5. The Kier molecular flexibility index (Phi) is 7.24. The first-order valence-electron chi connectivity index (χ1n) is 9.99. The van der Waals surface area contributed by atoms with E-state index in [9.17, 15) is 9.59 Å². The van der Waals surface area contributed by atoms with Crippen LogP contribution in [0.5, 0.6) is 0 Å². The quantitative estimate of drug-likeness (QED) is 0.168. The first kappa shape index (κ1) is 23.6. The standard InChI is InChI=1S/C24H19Cl2N3O2S2/c1-3-9-29-23(31)20-19(15-7-5-4-6-8-15)13-32-22(20)28-24(29)33-14(2)21(30)27-18-11-16(25)10-17(26)12-18/h3-8,10-14H,1,9H2,2H3,(H,27,30). The highest BCUT2D eigenvalue weighted by Gasteiger charge is 2.21. The molecule has 4 aromatic rings. The fourth-order valence-electron chi connectivity index (χ4n) is 3.30. The summed E-state index contributed by atoms with van der Waals surface area (Å²) in [6.45, 7) is 5.81.